The fourth-order valence-corrected chi connectivity index (χ4v) is 0.820. The van der Waals surface area contributed by atoms with Crippen LogP contribution in [-0.2, 0) is 6.54 Å². The highest BCUT2D eigenvalue weighted by molar-refractivity contribution is 5.04. The van der Waals surface area contributed by atoms with Gasteiger partial charge < -0.3 is 5.32 Å². The normalized spacial score (nSPS) is 9.57. The molecule has 0 bridgehead atoms. The number of rotatable bonds is 3. The highest BCUT2D eigenvalue weighted by Gasteiger charge is 1.96. The Labute approximate surface area is 85.6 Å². The van der Waals surface area contributed by atoms with Crippen molar-refractivity contribution in [1.82, 2.24) is 10.3 Å². The summed E-state index contributed by atoms with van der Waals surface area (Å²) in [6.45, 7) is 8.81. The third-order valence-electron chi connectivity index (χ3n) is 1.48. The van der Waals surface area contributed by atoms with Crippen LogP contribution in [0.5, 0.6) is 0 Å². The van der Waals surface area contributed by atoms with Crippen LogP contribution in [0.1, 0.15) is 33.4 Å². The molecule has 0 spiro atoms. The Morgan fingerprint density at radius 1 is 1.36 bits per heavy atom. The molecule has 0 saturated heterocycles. The lowest BCUT2D eigenvalue weighted by molar-refractivity contribution is 0.575. The Bertz CT molecular complexity index is 232. The quantitative estimate of drug-likeness (QED) is 0.807. The first-order valence-electron chi connectivity index (χ1n) is 5.02. The lowest BCUT2D eigenvalue weighted by Gasteiger charge is -2.06. The highest BCUT2D eigenvalue weighted by Crippen LogP contribution is 1.97. The van der Waals surface area contributed by atoms with Gasteiger partial charge in [-0.05, 0) is 12.1 Å². The number of aromatic nitrogens is 1. The molecule has 14 heavy (non-hydrogen) atoms. The van der Waals surface area contributed by atoms with Crippen LogP contribution in [0, 0.1) is 5.82 Å². The van der Waals surface area contributed by atoms with E-state index in [2.05, 4.69) is 24.1 Å². The van der Waals surface area contributed by atoms with Crippen LogP contribution in [0.25, 0.3) is 0 Å². The van der Waals surface area contributed by atoms with E-state index in [4.69, 9.17) is 0 Å². The van der Waals surface area contributed by atoms with E-state index >= 15 is 0 Å². The second-order valence-corrected chi connectivity index (χ2v) is 3.00. The Morgan fingerprint density at radius 3 is 2.43 bits per heavy atom. The van der Waals surface area contributed by atoms with E-state index in [1.54, 1.807) is 6.07 Å². The summed E-state index contributed by atoms with van der Waals surface area (Å²) in [6, 6.07) is 3.53. The Kier molecular flexibility index (Phi) is 6.93. The first-order valence-corrected chi connectivity index (χ1v) is 5.02. The summed E-state index contributed by atoms with van der Waals surface area (Å²) in [5.74, 6) is -0.289. The van der Waals surface area contributed by atoms with Crippen molar-refractivity contribution in [2.24, 2.45) is 0 Å². The lowest BCUT2D eigenvalue weighted by Crippen LogP contribution is -2.22. The smallest absolute Gasteiger partial charge is 0.141 e. The molecule has 3 heteroatoms. The van der Waals surface area contributed by atoms with Crippen LogP contribution in [0.4, 0.5) is 4.39 Å². The van der Waals surface area contributed by atoms with E-state index in [0.29, 0.717) is 12.6 Å². The van der Waals surface area contributed by atoms with Crippen molar-refractivity contribution in [3.05, 3.63) is 29.8 Å². The molecule has 2 nitrogen and oxygen atoms in total. The van der Waals surface area contributed by atoms with E-state index in [-0.39, 0.29) is 5.82 Å². The first-order chi connectivity index (χ1) is 6.68. The fourth-order valence-electron chi connectivity index (χ4n) is 0.820. The van der Waals surface area contributed by atoms with Gasteiger partial charge in [-0.3, -0.25) is 4.98 Å². The van der Waals surface area contributed by atoms with E-state index in [1.165, 1.54) is 12.3 Å². The first kappa shape index (κ1) is 13.0. The van der Waals surface area contributed by atoms with Gasteiger partial charge in [-0.2, -0.15) is 0 Å². The van der Waals surface area contributed by atoms with Gasteiger partial charge in [0.05, 0.1) is 11.9 Å². The molecule has 1 N–H and O–H groups in total. The number of hydrogen-bond donors (Lipinski definition) is 1. The van der Waals surface area contributed by atoms with E-state index in [1.807, 2.05) is 13.8 Å². The molecule has 1 aromatic heterocycles. The number of hydrogen-bond acceptors (Lipinski definition) is 2. The number of nitrogens with one attached hydrogen (secondary N) is 1. The average Bonchev–Trinajstić information content (AvgIpc) is 2.20. The Balaban J connectivity index is 0.000000791. The summed E-state index contributed by atoms with van der Waals surface area (Å²) in [4.78, 5) is 3.91. The molecule has 0 fully saturated rings. The molecule has 0 atom stereocenters. The summed E-state index contributed by atoms with van der Waals surface area (Å²) in [5.41, 5.74) is 0.866. The van der Waals surface area contributed by atoms with Gasteiger partial charge in [-0.15, -0.1) is 0 Å². The van der Waals surface area contributed by atoms with Gasteiger partial charge in [0.2, 0.25) is 0 Å². The molecule has 0 amide bonds. The molecule has 1 aromatic rings. The van der Waals surface area contributed by atoms with Crippen LogP contribution in [0.15, 0.2) is 18.3 Å². The van der Waals surface area contributed by atoms with Gasteiger partial charge in [0, 0.05) is 12.6 Å². The molecule has 0 radical (unpaired) electrons. The summed E-state index contributed by atoms with van der Waals surface area (Å²) in [7, 11) is 0. The number of pyridine rings is 1. The van der Waals surface area contributed by atoms with Crippen molar-refractivity contribution in [2.75, 3.05) is 0 Å². The van der Waals surface area contributed by atoms with Crippen LogP contribution >= 0.6 is 0 Å². The minimum absolute atomic E-state index is 0.289. The van der Waals surface area contributed by atoms with Gasteiger partial charge >= 0.3 is 0 Å². The summed E-state index contributed by atoms with van der Waals surface area (Å²) >= 11 is 0. The SMILES string of the molecule is CC.CC(C)NCc1ccc(F)cn1. The molecule has 0 saturated carbocycles. The lowest BCUT2D eigenvalue weighted by atomic mass is 10.3. The summed E-state index contributed by atoms with van der Waals surface area (Å²) < 4.78 is 12.4. The zero-order chi connectivity index (χ0) is 11.0. The van der Waals surface area contributed by atoms with Crippen molar-refractivity contribution in [3.63, 3.8) is 0 Å². The predicted octanol–water partition coefficient (Wildman–Crippen LogP) is 2.74. The minimum atomic E-state index is -0.289. The fraction of sp³-hybridized carbons (Fsp3) is 0.545. The molecular formula is C11H19FN2. The van der Waals surface area contributed by atoms with Gasteiger partial charge in [0.25, 0.3) is 0 Å². The summed E-state index contributed by atoms with van der Waals surface area (Å²) in [5, 5.41) is 3.20. The van der Waals surface area contributed by atoms with E-state index in [9.17, 15) is 4.39 Å². The Hall–Kier alpha value is -0.960. The zero-order valence-corrected chi connectivity index (χ0v) is 9.34. The van der Waals surface area contributed by atoms with E-state index in [0.717, 1.165) is 5.69 Å². The van der Waals surface area contributed by atoms with Crippen LogP contribution in [0.3, 0.4) is 0 Å². The average molecular weight is 198 g/mol. The standard InChI is InChI=1S/C9H13FN2.C2H6/c1-7(2)11-6-9-4-3-8(10)5-12-9;1-2/h3-5,7,11H,6H2,1-2H3;1-2H3. The van der Waals surface area contributed by atoms with Crippen LogP contribution in [0.2, 0.25) is 0 Å². The van der Waals surface area contributed by atoms with Crippen molar-refractivity contribution in [1.29, 1.82) is 0 Å². The third kappa shape index (κ3) is 5.65. The van der Waals surface area contributed by atoms with E-state index < -0.39 is 0 Å². The molecule has 0 aliphatic carbocycles. The van der Waals surface area contributed by atoms with Gasteiger partial charge in [-0.1, -0.05) is 27.7 Å². The number of nitrogens with zero attached hydrogens (tertiary/aromatic N) is 1. The molecule has 1 rings (SSSR count). The second-order valence-electron chi connectivity index (χ2n) is 3.00. The molecule has 1 heterocycles. The minimum Gasteiger partial charge on any atom is -0.309 e. The van der Waals surface area contributed by atoms with Crippen LogP contribution < -0.4 is 5.32 Å². The maximum Gasteiger partial charge on any atom is 0.141 e. The van der Waals surface area contributed by atoms with Gasteiger partial charge in [0.15, 0.2) is 0 Å². The van der Waals surface area contributed by atoms with Crippen molar-refractivity contribution >= 4 is 0 Å². The molecular weight excluding hydrogens is 179 g/mol. The maximum atomic E-state index is 12.4. The highest BCUT2D eigenvalue weighted by atomic mass is 19.1. The molecule has 0 unspecified atom stereocenters. The summed E-state index contributed by atoms with van der Waals surface area (Å²) in [6.07, 6.45) is 1.23. The van der Waals surface area contributed by atoms with Crippen molar-refractivity contribution in [3.8, 4) is 0 Å². The zero-order valence-electron chi connectivity index (χ0n) is 9.34. The molecule has 0 aromatic carbocycles. The topological polar surface area (TPSA) is 24.9 Å². The van der Waals surface area contributed by atoms with Gasteiger partial charge in [-0.25, -0.2) is 4.39 Å². The molecule has 80 valence electrons. The Morgan fingerprint density at radius 2 is 2.00 bits per heavy atom. The predicted molar refractivity (Wildman–Crippen MR) is 57.5 cm³/mol. The third-order valence-corrected chi connectivity index (χ3v) is 1.48. The second kappa shape index (κ2) is 7.44. The maximum absolute atomic E-state index is 12.4. The largest absolute Gasteiger partial charge is 0.309 e. The monoisotopic (exact) mass is 198 g/mol. The van der Waals surface area contributed by atoms with Crippen molar-refractivity contribution in [2.45, 2.75) is 40.3 Å². The van der Waals surface area contributed by atoms with Crippen molar-refractivity contribution < 1.29 is 4.39 Å². The molecule has 0 aliphatic heterocycles. The number of halogens is 1. The van der Waals surface area contributed by atoms with Gasteiger partial charge in [0.1, 0.15) is 5.82 Å². The van der Waals surface area contributed by atoms with Crippen LogP contribution in [-0.4, -0.2) is 11.0 Å². The molecule has 0 aliphatic rings.